The fraction of sp³-hybridized carbons (Fsp3) is 0.556. The monoisotopic (exact) mass is 330 g/mol. The maximum Gasteiger partial charge on any atom is 0.220 e. The third-order valence-corrected chi connectivity index (χ3v) is 4.61. The maximum absolute atomic E-state index is 12.2. The van der Waals surface area contributed by atoms with Gasteiger partial charge in [-0.3, -0.25) is 9.69 Å². The van der Waals surface area contributed by atoms with Crippen molar-refractivity contribution in [2.24, 2.45) is 0 Å². The molecule has 130 valence electrons. The number of carbonyl (C=O) groups excluding carboxylic acids is 1. The maximum atomic E-state index is 12.2. The second kappa shape index (κ2) is 7.32. The van der Waals surface area contributed by atoms with Gasteiger partial charge in [0.05, 0.1) is 24.2 Å². The quantitative estimate of drug-likeness (QED) is 0.846. The van der Waals surface area contributed by atoms with E-state index in [1.165, 1.54) is 0 Å². The van der Waals surface area contributed by atoms with Crippen LogP contribution in [0.5, 0.6) is 0 Å². The molecule has 6 nitrogen and oxygen atoms in total. The van der Waals surface area contributed by atoms with Gasteiger partial charge in [-0.05, 0) is 26.0 Å². The highest BCUT2D eigenvalue weighted by atomic mass is 16.5. The van der Waals surface area contributed by atoms with E-state index in [1.54, 1.807) is 0 Å². The average molecular weight is 330 g/mol. The first-order chi connectivity index (χ1) is 11.5. The van der Waals surface area contributed by atoms with Crippen LogP contribution in [-0.4, -0.2) is 59.2 Å². The minimum atomic E-state index is -0.0567. The van der Waals surface area contributed by atoms with Crippen molar-refractivity contribution in [1.82, 2.24) is 20.2 Å². The molecule has 1 aliphatic rings. The fourth-order valence-corrected chi connectivity index (χ4v) is 3.04. The Labute approximate surface area is 142 Å². The predicted molar refractivity (Wildman–Crippen MR) is 93.9 cm³/mol. The summed E-state index contributed by atoms with van der Waals surface area (Å²) in [5.74, 6) is 0.926. The van der Waals surface area contributed by atoms with Crippen molar-refractivity contribution >= 4 is 16.9 Å². The Morgan fingerprint density at radius 2 is 2.08 bits per heavy atom. The molecule has 3 rings (SSSR count). The summed E-state index contributed by atoms with van der Waals surface area (Å²) in [6.07, 6.45) is 1.07. The number of aromatic amines is 1. The number of aryl methyl sites for hydroxylation is 1. The van der Waals surface area contributed by atoms with Crippen LogP contribution in [0.15, 0.2) is 24.3 Å². The van der Waals surface area contributed by atoms with E-state index >= 15 is 0 Å². The van der Waals surface area contributed by atoms with E-state index in [9.17, 15) is 4.79 Å². The van der Waals surface area contributed by atoms with E-state index in [2.05, 4.69) is 34.0 Å². The summed E-state index contributed by atoms with van der Waals surface area (Å²) < 4.78 is 5.39. The number of fused-ring (bicyclic) bond motifs is 1. The molecule has 1 fully saturated rings. The Balaban J connectivity index is 1.46. The number of nitrogens with zero attached hydrogens (tertiary/aromatic N) is 2. The third kappa shape index (κ3) is 4.13. The normalized spacial score (nSPS) is 16.4. The molecule has 1 aliphatic heterocycles. The summed E-state index contributed by atoms with van der Waals surface area (Å²) in [7, 11) is 0. The van der Waals surface area contributed by atoms with Crippen molar-refractivity contribution in [3.05, 3.63) is 30.1 Å². The van der Waals surface area contributed by atoms with Gasteiger partial charge < -0.3 is 15.0 Å². The van der Waals surface area contributed by atoms with Gasteiger partial charge >= 0.3 is 0 Å². The molecular weight excluding hydrogens is 304 g/mol. The lowest BCUT2D eigenvalue weighted by atomic mass is 10.0. The molecule has 0 radical (unpaired) electrons. The summed E-state index contributed by atoms with van der Waals surface area (Å²) in [5, 5.41) is 3.06. The number of imidazole rings is 1. The molecule has 1 aromatic heterocycles. The van der Waals surface area contributed by atoms with E-state index in [4.69, 9.17) is 4.74 Å². The smallest absolute Gasteiger partial charge is 0.220 e. The molecule has 1 amide bonds. The molecule has 0 saturated carbocycles. The van der Waals surface area contributed by atoms with Crippen LogP contribution in [0.2, 0.25) is 0 Å². The van der Waals surface area contributed by atoms with Gasteiger partial charge in [0.15, 0.2) is 0 Å². The number of rotatable bonds is 6. The van der Waals surface area contributed by atoms with Crippen molar-refractivity contribution in [1.29, 1.82) is 0 Å². The molecule has 6 heteroatoms. The second-order valence-corrected chi connectivity index (χ2v) is 6.89. The van der Waals surface area contributed by atoms with Crippen molar-refractivity contribution in [2.45, 2.75) is 32.2 Å². The predicted octanol–water partition coefficient (Wildman–Crippen LogP) is 1.72. The number of hydrogen-bond acceptors (Lipinski definition) is 4. The Kier molecular flexibility index (Phi) is 5.16. The Morgan fingerprint density at radius 1 is 1.33 bits per heavy atom. The van der Waals surface area contributed by atoms with Crippen molar-refractivity contribution in [3.8, 4) is 0 Å². The van der Waals surface area contributed by atoms with Gasteiger partial charge in [-0.2, -0.15) is 0 Å². The van der Waals surface area contributed by atoms with Crippen LogP contribution in [-0.2, 0) is 16.0 Å². The molecule has 1 aromatic carbocycles. The lowest BCUT2D eigenvalue weighted by molar-refractivity contribution is -0.121. The summed E-state index contributed by atoms with van der Waals surface area (Å²) in [4.78, 5) is 22.3. The minimum absolute atomic E-state index is 0.0567. The van der Waals surface area contributed by atoms with Crippen LogP contribution in [0, 0.1) is 0 Å². The highest BCUT2D eigenvalue weighted by molar-refractivity contribution is 5.77. The van der Waals surface area contributed by atoms with Gasteiger partial charge in [0.2, 0.25) is 5.91 Å². The lowest BCUT2D eigenvalue weighted by Gasteiger charge is -2.40. The zero-order valence-electron chi connectivity index (χ0n) is 14.5. The molecule has 1 saturated heterocycles. The van der Waals surface area contributed by atoms with Crippen LogP contribution >= 0.6 is 0 Å². The topological polar surface area (TPSA) is 70.2 Å². The van der Waals surface area contributed by atoms with E-state index in [-0.39, 0.29) is 11.4 Å². The average Bonchev–Trinajstić information content (AvgIpc) is 3.02. The first-order valence-corrected chi connectivity index (χ1v) is 8.58. The number of carbonyl (C=O) groups is 1. The number of amides is 1. The molecule has 2 heterocycles. The van der Waals surface area contributed by atoms with Crippen molar-refractivity contribution < 1.29 is 9.53 Å². The Bertz CT molecular complexity index is 656. The largest absolute Gasteiger partial charge is 0.379 e. The number of hydrogen-bond donors (Lipinski definition) is 2. The number of morpholine rings is 1. The van der Waals surface area contributed by atoms with Crippen LogP contribution in [0.1, 0.15) is 26.1 Å². The summed E-state index contributed by atoms with van der Waals surface area (Å²) in [6, 6.07) is 7.91. The molecule has 0 aliphatic carbocycles. The highest BCUT2D eigenvalue weighted by Gasteiger charge is 2.28. The fourth-order valence-electron chi connectivity index (χ4n) is 3.04. The molecule has 2 aromatic rings. The second-order valence-electron chi connectivity index (χ2n) is 6.89. The minimum Gasteiger partial charge on any atom is -0.379 e. The van der Waals surface area contributed by atoms with Gasteiger partial charge in [-0.1, -0.05) is 12.1 Å². The molecule has 2 N–H and O–H groups in total. The number of benzene rings is 1. The number of nitrogens with one attached hydrogen (secondary N) is 2. The highest BCUT2D eigenvalue weighted by Crippen LogP contribution is 2.15. The molecular formula is C18H26N4O2. The van der Waals surface area contributed by atoms with Gasteiger partial charge in [0, 0.05) is 38.0 Å². The van der Waals surface area contributed by atoms with Crippen molar-refractivity contribution in [2.75, 3.05) is 32.8 Å². The molecule has 24 heavy (non-hydrogen) atoms. The molecule has 0 unspecified atom stereocenters. The first kappa shape index (κ1) is 16.9. The van der Waals surface area contributed by atoms with E-state index in [1.807, 2.05) is 24.3 Å². The third-order valence-electron chi connectivity index (χ3n) is 4.61. The van der Waals surface area contributed by atoms with Gasteiger partial charge in [0.25, 0.3) is 0 Å². The van der Waals surface area contributed by atoms with Crippen LogP contribution < -0.4 is 5.32 Å². The number of H-pyrrole nitrogens is 1. The van der Waals surface area contributed by atoms with E-state index < -0.39 is 0 Å². The summed E-state index contributed by atoms with van der Waals surface area (Å²) >= 11 is 0. The number of para-hydroxylation sites is 2. The standard InChI is InChI=1S/C18H26N4O2/c1-18(2,22-9-11-24-12-10-22)13-19-17(23)8-7-16-20-14-5-3-4-6-15(14)21-16/h3-6H,7-13H2,1-2H3,(H,19,23)(H,20,21). The van der Waals surface area contributed by atoms with Crippen LogP contribution in [0.4, 0.5) is 0 Å². The molecule has 0 atom stereocenters. The van der Waals surface area contributed by atoms with Crippen molar-refractivity contribution in [3.63, 3.8) is 0 Å². The van der Waals surface area contributed by atoms with Crippen LogP contribution in [0.25, 0.3) is 11.0 Å². The summed E-state index contributed by atoms with van der Waals surface area (Å²) in [5.41, 5.74) is 1.90. The number of ether oxygens (including phenoxy) is 1. The Morgan fingerprint density at radius 3 is 2.83 bits per heavy atom. The number of aromatic nitrogens is 2. The SMILES string of the molecule is CC(C)(CNC(=O)CCc1nc2ccccc2[nH]1)N1CCOCC1. The van der Waals surface area contributed by atoms with Gasteiger partial charge in [-0.25, -0.2) is 4.98 Å². The van der Waals surface area contributed by atoms with Gasteiger partial charge in [0.1, 0.15) is 5.82 Å². The first-order valence-electron chi connectivity index (χ1n) is 8.58. The zero-order chi connectivity index (χ0) is 17.0. The summed E-state index contributed by atoms with van der Waals surface area (Å²) in [6.45, 7) is 8.35. The van der Waals surface area contributed by atoms with Gasteiger partial charge in [-0.15, -0.1) is 0 Å². The molecule has 0 spiro atoms. The van der Waals surface area contributed by atoms with E-state index in [0.29, 0.717) is 19.4 Å². The Hall–Kier alpha value is -1.92. The molecule has 0 bridgehead atoms. The lowest BCUT2D eigenvalue weighted by Crippen LogP contribution is -2.55. The zero-order valence-corrected chi connectivity index (χ0v) is 14.5. The van der Waals surface area contributed by atoms with Crippen LogP contribution in [0.3, 0.4) is 0 Å². The van der Waals surface area contributed by atoms with E-state index in [0.717, 1.165) is 43.2 Å².